The molecule has 0 spiro atoms. The summed E-state index contributed by atoms with van der Waals surface area (Å²) in [4.78, 5) is 0. The molecular formula is C15H22FN. The van der Waals surface area contributed by atoms with E-state index < -0.39 is 0 Å². The molecule has 0 radical (unpaired) electrons. The third-order valence-electron chi connectivity index (χ3n) is 4.04. The molecule has 1 fully saturated rings. The number of halogens is 1. The molecule has 2 rings (SSSR count). The Bertz CT molecular complexity index is 367. The van der Waals surface area contributed by atoms with Gasteiger partial charge in [0.25, 0.3) is 0 Å². The Morgan fingerprint density at radius 3 is 2.59 bits per heavy atom. The van der Waals surface area contributed by atoms with Crippen molar-refractivity contribution in [3.05, 3.63) is 35.6 Å². The Morgan fingerprint density at radius 1 is 1.29 bits per heavy atom. The highest BCUT2D eigenvalue weighted by atomic mass is 19.1. The summed E-state index contributed by atoms with van der Waals surface area (Å²) in [6, 6.07) is 7.02. The van der Waals surface area contributed by atoms with E-state index in [0.29, 0.717) is 6.54 Å². The van der Waals surface area contributed by atoms with Gasteiger partial charge < -0.3 is 5.32 Å². The van der Waals surface area contributed by atoms with Crippen LogP contribution in [-0.2, 0) is 6.54 Å². The van der Waals surface area contributed by atoms with E-state index in [-0.39, 0.29) is 11.4 Å². The van der Waals surface area contributed by atoms with Crippen molar-refractivity contribution in [2.45, 2.75) is 51.6 Å². The largest absolute Gasteiger partial charge is 0.307 e. The Balaban J connectivity index is 1.92. The fraction of sp³-hybridized carbons (Fsp3) is 0.600. The van der Waals surface area contributed by atoms with Crippen molar-refractivity contribution in [3.63, 3.8) is 0 Å². The summed E-state index contributed by atoms with van der Waals surface area (Å²) in [5, 5.41) is 3.54. The summed E-state index contributed by atoms with van der Waals surface area (Å²) in [6.45, 7) is 5.22. The van der Waals surface area contributed by atoms with Crippen LogP contribution in [0.25, 0.3) is 0 Å². The lowest BCUT2D eigenvalue weighted by molar-refractivity contribution is 0.212. The topological polar surface area (TPSA) is 12.0 Å². The molecule has 17 heavy (non-hydrogen) atoms. The van der Waals surface area contributed by atoms with Crippen molar-refractivity contribution in [3.8, 4) is 0 Å². The van der Waals surface area contributed by atoms with Gasteiger partial charge in [0.2, 0.25) is 0 Å². The first kappa shape index (κ1) is 12.6. The lowest BCUT2D eigenvalue weighted by atomic mass is 9.78. The Kier molecular flexibility index (Phi) is 3.82. The molecule has 0 aromatic heterocycles. The third-order valence-corrected chi connectivity index (χ3v) is 4.04. The lowest BCUT2D eigenvalue weighted by Gasteiger charge is -2.37. The van der Waals surface area contributed by atoms with Gasteiger partial charge in [-0.1, -0.05) is 25.1 Å². The van der Waals surface area contributed by atoms with Gasteiger partial charge in [-0.3, -0.25) is 0 Å². The quantitative estimate of drug-likeness (QED) is 0.838. The van der Waals surface area contributed by atoms with Gasteiger partial charge in [0.05, 0.1) is 0 Å². The summed E-state index contributed by atoms with van der Waals surface area (Å²) in [5.41, 5.74) is 0.960. The number of hydrogen-bond donors (Lipinski definition) is 1. The lowest BCUT2D eigenvalue weighted by Crippen LogP contribution is -2.44. The molecular weight excluding hydrogens is 213 g/mol. The van der Waals surface area contributed by atoms with E-state index >= 15 is 0 Å². The fourth-order valence-corrected chi connectivity index (χ4v) is 2.53. The minimum Gasteiger partial charge on any atom is -0.307 e. The molecule has 0 aliphatic heterocycles. The maximum absolute atomic E-state index is 13.5. The van der Waals surface area contributed by atoms with Crippen LogP contribution in [0.3, 0.4) is 0 Å². The highest BCUT2D eigenvalue weighted by Crippen LogP contribution is 2.31. The van der Waals surface area contributed by atoms with Gasteiger partial charge >= 0.3 is 0 Å². The Morgan fingerprint density at radius 2 is 1.94 bits per heavy atom. The Labute approximate surface area is 103 Å². The average molecular weight is 235 g/mol. The predicted octanol–water partition coefficient (Wildman–Crippen LogP) is 3.88. The van der Waals surface area contributed by atoms with E-state index in [4.69, 9.17) is 0 Å². The smallest absolute Gasteiger partial charge is 0.127 e. The molecule has 1 saturated carbocycles. The number of hydrogen-bond acceptors (Lipinski definition) is 1. The summed E-state index contributed by atoms with van der Waals surface area (Å²) < 4.78 is 13.5. The first-order valence-electron chi connectivity index (χ1n) is 6.57. The second-order valence-electron chi connectivity index (χ2n) is 5.69. The zero-order chi connectivity index (χ0) is 12.3. The van der Waals surface area contributed by atoms with Gasteiger partial charge in [-0.15, -0.1) is 0 Å². The maximum Gasteiger partial charge on any atom is 0.127 e. The normalized spacial score (nSPS) is 29.2. The van der Waals surface area contributed by atoms with Crippen LogP contribution >= 0.6 is 0 Å². The highest BCUT2D eigenvalue weighted by Gasteiger charge is 2.28. The van der Waals surface area contributed by atoms with Gasteiger partial charge in [0, 0.05) is 17.6 Å². The van der Waals surface area contributed by atoms with E-state index in [1.807, 2.05) is 12.1 Å². The molecule has 1 N–H and O–H groups in total. The second kappa shape index (κ2) is 5.18. The summed E-state index contributed by atoms with van der Waals surface area (Å²) in [5.74, 6) is 0.742. The van der Waals surface area contributed by atoms with Crippen LogP contribution in [0.1, 0.15) is 45.1 Å². The Hall–Kier alpha value is -0.890. The molecule has 1 aromatic carbocycles. The standard InChI is InChI=1S/C15H22FN/c1-12-7-9-15(2,10-8-12)17-11-13-5-3-4-6-14(13)16/h3-6,12,17H,7-11H2,1-2H3. The minimum atomic E-state index is -0.104. The zero-order valence-electron chi connectivity index (χ0n) is 10.8. The monoisotopic (exact) mass is 235 g/mol. The van der Waals surface area contributed by atoms with Gasteiger partial charge in [-0.05, 0) is 44.6 Å². The van der Waals surface area contributed by atoms with Crippen LogP contribution in [0.2, 0.25) is 0 Å². The summed E-state index contributed by atoms with van der Waals surface area (Å²) in [6.07, 6.45) is 4.95. The molecule has 0 atom stereocenters. The summed E-state index contributed by atoms with van der Waals surface area (Å²) >= 11 is 0. The molecule has 94 valence electrons. The van der Waals surface area contributed by atoms with Crippen LogP contribution in [0.5, 0.6) is 0 Å². The van der Waals surface area contributed by atoms with Crippen molar-refractivity contribution in [1.82, 2.24) is 5.32 Å². The van der Waals surface area contributed by atoms with Crippen LogP contribution in [0.4, 0.5) is 4.39 Å². The molecule has 0 unspecified atom stereocenters. The van der Waals surface area contributed by atoms with Crippen LogP contribution < -0.4 is 5.32 Å². The van der Waals surface area contributed by atoms with Crippen LogP contribution in [-0.4, -0.2) is 5.54 Å². The third kappa shape index (κ3) is 3.29. The molecule has 0 saturated heterocycles. The van der Waals surface area contributed by atoms with Crippen molar-refractivity contribution < 1.29 is 4.39 Å². The number of nitrogens with one attached hydrogen (secondary N) is 1. The SMILES string of the molecule is CC1CCC(C)(NCc2ccccc2F)CC1. The van der Waals surface area contributed by atoms with Crippen LogP contribution in [0, 0.1) is 11.7 Å². The van der Waals surface area contributed by atoms with Crippen molar-refractivity contribution in [2.24, 2.45) is 5.92 Å². The van der Waals surface area contributed by atoms with Gasteiger partial charge in [-0.2, -0.15) is 0 Å². The minimum absolute atomic E-state index is 0.104. The zero-order valence-corrected chi connectivity index (χ0v) is 10.8. The van der Waals surface area contributed by atoms with E-state index in [2.05, 4.69) is 19.2 Å². The van der Waals surface area contributed by atoms with E-state index in [0.717, 1.165) is 11.5 Å². The van der Waals surface area contributed by atoms with Crippen molar-refractivity contribution in [1.29, 1.82) is 0 Å². The van der Waals surface area contributed by atoms with Crippen molar-refractivity contribution >= 4 is 0 Å². The van der Waals surface area contributed by atoms with Gasteiger partial charge in [-0.25, -0.2) is 4.39 Å². The second-order valence-corrected chi connectivity index (χ2v) is 5.69. The average Bonchev–Trinajstić information content (AvgIpc) is 2.33. The molecule has 1 aliphatic rings. The van der Waals surface area contributed by atoms with Gasteiger partial charge in [0.15, 0.2) is 0 Å². The molecule has 0 amide bonds. The van der Waals surface area contributed by atoms with E-state index in [9.17, 15) is 4.39 Å². The predicted molar refractivity (Wildman–Crippen MR) is 69.3 cm³/mol. The highest BCUT2D eigenvalue weighted by molar-refractivity contribution is 5.17. The first-order chi connectivity index (χ1) is 8.09. The molecule has 0 bridgehead atoms. The first-order valence-corrected chi connectivity index (χ1v) is 6.57. The molecule has 0 heterocycles. The number of benzene rings is 1. The van der Waals surface area contributed by atoms with Crippen LogP contribution in [0.15, 0.2) is 24.3 Å². The van der Waals surface area contributed by atoms with E-state index in [1.54, 1.807) is 6.07 Å². The fourth-order valence-electron chi connectivity index (χ4n) is 2.53. The van der Waals surface area contributed by atoms with Gasteiger partial charge in [0.1, 0.15) is 5.82 Å². The molecule has 1 nitrogen and oxygen atoms in total. The van der Waals surface area contributed by atoms with E-state index in [1.165, 1.54) is 31.7 Å². The molecule has 1 aromatic rings. The van der Waals surface area contributed by atoms with Crippen molar-refractivity contribution in [2.75, 3.05) is 0 Å². The number of rotatable bonds is 3. The molecule has 1 aliphatic carbocycles. The maximum atomic E-state index is 13.5. The molecule has 2 heteroatoms. The summed E-state index contributed by atoms with van der Waals surface area (Å²) in [7, 11) is 0.